The maximum absolute atomic E-state index is 5.93. The Morgan fingerprint density at radius 3 is 2.94 bits per heavy atom. The zero-order valence-electron chi connectivity index (χ0n) is 9.86. The van der Waals surface area contributed by atoms with Crippen LogP contribution in [-0.2, 0) is 0 Å². The maximum Gasteiger partial charge on any atom is 0.121 e. The second-order valence-electron chi connectivity index (χ2n) is 4.35. The Hall–Kier alpha value is -1.42. The molecule has 0 saturated carbocycles. The number of nitrogens with zero attached hydrogens (tertiary/aromatic N) is 1. The molecule has 2 rings (SSSR count). The predicted molar refractivity (Wildman–Crippen MR) is 66.9 cm³/mol. The number of likely N-dealkylation sites (N-methyl/N-ethyl adjacent to an activating group) is 1. The van der Waals surface area contributed by atoms with Crippen molar-refractivity contribution in [3.8, 4) is 5.75 Å². The first-order valence-electron chi connectivity index (χ1n) is 5.57. The normalized spacial score (nSPS) is 21.0. The molecule has 1 atom stereocenters. The van der Waals surface area contributed by atoms with Crippen LogP contribution in [0.3, 0.4) is 0 Å². The third-order valence-electron chi connectivity index (χ3n) is 3.01. The molecule has 1 aromatic carbocycles. The van der Waals surface area contributed by atoms with Crippen molar-refractivity contribution in [3.05, 3.63) is 18.2 Å². The number of likely N-dealkylation sites (tertiary alicyclic amines) is 1. The van der Waals surface area contributed by atoms with Gasteiger partial charge in [0.05, 0.1) is 18.5 Å². The topological polar surface area (TPSA) is 50.5 Å². The third kappa shape index (κ3) is 2.39. The number of methoxy groups -OCH3 is 1. The third-order valence-corrected chi connectivity index (χ3v) is 3.01. The number of nitrogens with two attached hydrogens (primary N) is 1. The lowest BCUT2D eigenvalue weighted by molar-refractivity contribution is 0.413. The van der Waals surface area contributed by atoms with E-state index in [0.29, 0.717) is 6.04 Å². The van der Waals surface area contributed by atoms with Gasteiger partial charge in [0.25, 0.3) is 0 Å². The van der Waals surface area contributed by atoms with Crippen molar-refractivity contribution in [1.82, 2.24) is 4.90 Å². The van der Waals surface area contributed by atoms with Gasteiger partial charge in [-0.3, -0.25) is 0 Å². The Kier molecular flexibility index (Phi) is 3.19. The highest BCUT2D eigenvalue weighted by Gasteiger charge is 2.19. The van der Waals surface area contributed by atoms with Gasteiger partial charge in [-0.2, -0.15) is 0 Å². The van der Waals surface area contributed by atoms with Gasteiger partial charge in [0, 0.05) is 18.7 Å². The highest BCUT2D eigenvalue weighted by atomic mass is 16.5. The van der Waals surface area contributed by atoms with Crippen molar-refractivity contribution in [2.24, 2.45) is 0 Å². The molecule has 16 heavy (non-hydrogen) atoms. The summed E-state index contributed by atoms with van der Waals surface area (Å²) < 4.78 is 5.19. The average molecular weight is 221 g/mol. The van der Waals surface area contributed by atoms with Gasteiger partial charge < -0.3 is 20.7 Å². The van der Waals surface area contributed by atoms with E-state index >= 15 is 0 Å². The van der Waals surface area contributed by atoms with E-state index in [1.807, 2.05) is 18.2 Å². The molecule has 1 aliphatic rings. The van der Waals surface area contributed by atoms with Crippen molar-refractivity contribution >= 4 is 11.4 Å². The summed E-state index contributed by atoms with van der Waals surface area (Å²) in [5.74, 6) is 0.836. The molecular weight excluding hydrogens is 202 g/mol. The van der Waals surface area contributed by atoms with Gasteiger partial charge in [0.2, 0.25) is 0 Å². The monoisotopic (exact) mass is 221 g/mol. The Morgan fingerprint density at radius 1 is 1.50 bits per heavy atom. The number of ether oxygens (including phenoxy) is 1. The van der Waals surface area contributed by atoms with Gasteiger partial charge in [0.15, 0.2) is 0 Å². The minimum Gasteiger partial charge on any atom is -0.497 e. The molecule has 0 aromatic heterocycles. The number of benzene rings is 1. The highest BCUT2D eigenvalue weighted by molar-refractivity contribution is 5.68. The molecule has 1 fully saturated rings. The van der Waals surface area contributed by atoms with E-state index in [0.717, 1.165) is 36.6 Å². The average Bonchev–Trinajstić information content (AvgIpc) is 2.67. The molecular formula is C12H19N3O. The van der Waals surface area contributed by atoms with Crippen LogP contribution in [0.25, 0.3) is 0 Å². The summed E-state index contributed by atoms with van der Waals surface area (Å²) in [5, 5.41) is 3.47. The van der Waals surface area contributed by atoms with Gasteiger partial charge >= 0.3 is 0 Å². The summed E-state index contributed by atoms with van der Waals surface area (Å²) in [5.41, 5.74) is 7.67. The first kappa shape index (κ1) is 11.1. The summed E-state index contributed by atoms with van der Waals surface area (Å²) in [6, 6.07) is 6.19. The molecule has 0 bridgehead atoms. The Balaban J connectivity index is 2.08. The molecule has 1 heterocycles. The number of hydrogen-bond donors (Lipinski definition) is 2. The Labute approximate surface area is 96.4 Å². The first-order chi connectivity index (χ1) is 7.69. The van der Waals surface area contributed by atoms with Crippen molar-refractivity contribution in [2.75, 3.05) is 38.3 Å². The molecule has 0 radical (unpaired) electrons. The van der Waals surface area contributed by atoms with E-state index in [2.05, 4.69) is 17.3 Å². The molecule has 0 amide bonds. The standard InChI is InChI=1S/C12H19N3O/c1-15-6-5-9(8-15)14-12-7-10(16-2)3-4-11(12)13/h3-4,7,9,14H,5-6,8,13H2,1-2H3. The highest BCUT2D eigenvalue weighted by Crippen LogP contribution is 2.26. The fraction of sp³-hybridized carbons (Fsp3) is 0.500. The molecule has 1 aromatic rings. The molecule has 0 spiro atoms. The van der Waals surface area contributed by atoms with E-state index < -0.39 is 0 Å². The smallest absolute Gasteiger partial charge is 0.121 e. The number of rotatable bonds is 3. The number of nitrogen functional groups attached to an aromatic ring is 1. The van der Waals surface area contributed by atoms with Gasteiger partial charge in [-0.25, -0.2) is 0 Å². The van der Waals surface area contributed by atoms with Crippen LogP contribution in [0.4, 0.5) is 11.4 Å². The fourth-order valence-corrected chi connectivity index (χ4v) is 2.06. The summed E-state index contributed by atoms with van der Waals surface area (Å²) in [7, 11) is 3.80. The van der Waals surface area contributed by atoms with Gasteiger partial charge in [-0.15, -0.1) is 0 Å². The Morgan fingerprint density at radius 2 is 2.31 bits per heavy atom. The quantitative estimate of drug-likeness (QED) is 0.757. The zero-order chi connectivity index (χ0) is 11.5. The van der Waals surface area contributed by atoms with Crippen molar-refractivity contribution < 1.29 is 4.74 Å². The van der Waals surface area contributed by atoms with Gasteiger partial charge in [-0.05, 0) is 32.1 Å². The second kappa shape index (κ2) is 4.61. The van der Waals surface area contributed by atoms with E-state index in [4.69, 9.17) is 10.5 Å². The van der Waals surface area contributed by atoms with E-state index in [9.17, 15) is 0 Å². The SMILES string of the molecule is COc1ccc(N)c(NC2CCN(C)C2)c1. The fourth-order valence-electron chi connectivity index (χ4n) is 2.06. The molecule has 3 N–H and O–H groups in total. The van der Waals surface area contributed by atoms with Crippen LogP contribution >= 0.6 is 0 Å². The lowest BCUT2D eigenvalue weighted by Crippen LogP contribution is -2.23. The van der Waals surface area contributed by atoms with E-state index in [-0.39, 0.29) is 0 Å². The minimum absolute atomic E-state index is 0.486. The molecule has 4 heteroatoms. The molecule has 0 aliphatic carbocycles. The molecule has 4 nitrogen and oxygen atoms in total. The van der Waals surface area contributed by atoms with Crippen LogP contribution in [0.5, 0.6) is 5.75 Å². The minimum atomic E-state index is 0.486. The number of nitrogens with one attached hydrogen (secondary N) is 1. The Bertz CT molecular complexity index is 367. The molecule has 1 saturated heterocycles. The lowest BCUT2D eigenvalue weighted by Gasteiger charge is -2.16. The summed E-state index contributed by atoms with van der Waals surface area (Å²) in [6.45, 7) is 2.21. The van der Waals surface area contributed by atoms with E-state index in [1.165, 1.54) is 0 Å². The first-order valence-corrected chi connectivity index (χ1v) is 5.57. The van der Waals surface area contributed by atoms with Gasteiger partial charge in [-0.1, -0.05) is 0 Å². The molecule has 88 valence electrons. The zero-order valence-corrected chi connectivity index (χ0v) is 9.86. The summed E-state index contributed by atoms with van der Waals surface area (Å²) in [4.78, 5) is 2.31. The van der Waals surface area contributed by atoms with Crippen molar-refractivity contribution in [3.63, 3.8) is 0 Å². The van der Waals surface area contributed by atoms with E-state index in [1.54, 1.807) is 7.11 Å². The van der Waals surface area contributed by atoms with Crippen LogP contribution in [0.2, 0.25) is 0 Å². The maximum atomic E-state index is 5.93. The van der Waals surface area contributed by atoms with Crippen LogP contribution in [-0.4, -0.2) is 38.2 Å². The molecule has 1 aliphatic heterocycles. The van der Waals surface area contributed by atoms with Crippen LogP contribution in [0.1, 0.15) is 6.42 Å². The number of hydrogen-bond acceptors (Lipinski definition) is 4. The second-order valence-corrected chi connectivity index (χ2v) is 4.35. The van der Waals surface area contributed by atoms with Gasteiger partial charge in [0.1, 0.15) is 5.75 Å². The largest absolute Gasteiger partial charge is 0.497 e. The number of anilines is 2. The van der Waals surface area contributed by atoms with Crippen LogP contribution in [0, 0.1) is 0 Å². The van der Waals surface area contributed by atoms with Crippen LogP contribution in [0.15, 0.2) is 18.2 Å². The van der Waals surface area contributed by atoms with Crippen molar-refractivity contribution in [2.45, 2.75) is 12.5 Å². The lowest BCUT2D eigenvalue weighted by atomic mass is 10.2. The van der Waals surface area contributed by atoms with Crippen LogP contribution < -0.4 is 15.8 Å². The van der Waals surface area contributed by atoms with Crippen molar-refractivity contribution in [1.29, 1.82) is 0 Å². The predicted octanol–water partition coefficient (Wildman–Crippen LogP) is 1.39. The summed E-state index contributed by atoms with van der Waals surface area (Å²) >= 11 is 0. The summed E-state index contributed by atoms with van der Waals surface area (Å²) in [6.07, 6.45) is 1.16. The molecule has 1 unspecified atom stereocenters.